The van der Waals surface area contributed by atoms with Crippen LogP contribution in [0.15, 0.2) is 60.0 Å². The monoisotopic (exact) mass is 397 g/mol. The van der Waals surface area contributed by atoms with Gasteiger partial charge in [-0.2, -0.15) is 0 Å². The van der Waals surface area contributed by atoms with Gasteiger partial charge in [0.25, 0.3) is 0 Å². The first-order valence-corrected chi connectivity index (χ1v) is 12.0. The van der Waals surface area contributed by atoms with E-state index in [2.05, 4.69) is 46.5 Å². The Hall–Kier alpha value is -2.11. The van der Waals surface area contributed by atoms with E-state index in [4.69, 9.17) is 0 Å². The number of fused-ring (bicyclic) bond motifs is 2. The van der Waals surface area contributed by atoms with E-state index in [1.54, 1.807) is 6.07 Å². The molecule has 1 aromatic heterocycles. The van der Waals surface area contributed by atoms with Gasteiger partial charge >= 0.3 is 0 Å². The number of rotatable bonds is 5. The smallest absolute Gasteiger partial charge is 0.229 e. The van der Waals surface area contributed by atoms with E-state index in [0.29, 0.717) is 11.6 Å². The Balaban J connectivity index is 1.60. The van der Waals surface area contributed by atoms with Crippen LogP contribution in [0.3, 0.4) is 0 Å². The summed E-state index contributed by atoms with van der Waals surface area (Å²) in [6.07, 6.45) is 5.33. The van der Waals surface area contributed by atoms with Crippen LogP contribution in [0.5, 0.6) is 0 Å². The molecular weight excluding hydrogens is 374 g/mol. The van der Waals surface area contributed by atoms with Crippen LogP contribution in [0.2, 0.25) is 0 Å². The number of aryl methyl sites for hydroxylation is 3. The topological polar surface area (TPSA) is 46.2 Å². The molecule has 1 atom stereocenters. The first kappa shape index (κ1) is 18.3. The number of benzene rings is 2. The van der Waals surface area contributed by atoms with Gasteiger partial charge < -0.3 is 0 Å². The second kappa shape index (κ2) is 7.49. The summed E-state index contributed by atoms with van der Waals surface area (Å²) in [5, 5.41) is 2.21. The van der Waals surface area contributed by atoms with Gasteiger partial charge in [-0.15, -0.1) is 11.3 Å². The van der Waals surface area contributed by atoms with Crippen molar-refractivity contribution in [2.75, 3.05) is 11.0 Å². The fourth-order valence-electron chi connectivity index (χ4n) is 3.97. The van der Waals surface area contributed by atoms with Crippen LogP contribution >= 0.6 is 11.3 Å². The summed E-state index contributed by atoms with van der Waals surface area (Å²) in [5.74, 6) is 0.408. The summed E-state index contributed by atoms with van der Waals surface area (Å²) in [6.45, 7) is 0. The van der Waals surface area contributed by atoms with Crippen LogP contribution in [0.1, 0.15) is 39.5 Å². The summed E-state index contributed by atoms with van der Waals surface area (Å²) < 4.78 is 25.6. The Morgan fingerprint density at radius 2 is 1.85 bits per heavy atom. The molecule has 4 rings (SSSR count). The molecule has 1 N–H and O–H groups in total. The quantitative estimate of drug-likeness (QED) is 0.660. The summed E-state index contributed by atoms with van der Waals surface area (Å²) in [5.41, 5.74) is 6.17. The van der Waals surface area contributed by atoms with Crippen LogP contribution in [0.25, 0.3) is 0 Å². The van der Waals surface area contributed by atoms with Crippen LogP contribution in [0.4, 0.5) is 5.69 Å². The number of nitrogens with one attached hydrogen (secondary N) is 1. The van der Waals surface area contributed by atoms with Gasteiger partial charge in [0.1, 0.15) is 0 Å². The average Bonchev–Trinajstić information content (AvgIpc) is 3.03. The highest BCUT2D eigenvalue weighted by atomic mass is 32.2. The number of hydrogen-bond donors (Lipinski definition) is 1. The molecule has 0 saturated heterocycles. The molecule has 0 aliphatic heterocycles. The lowest BCUT2D eigenvalue weighted by Gasteiger charge is -2.18. The van der Waals surface area contributed by atoms with Crippen LogP contribution < -0.4 is 4.72 Å². The minimum atomic E-state index is -3.25. The third-order valence-electron chi connectivity index (χ3n) is 5.14. The molecule has 5 heteroatoms. The zero-order chi connectivity index (χ0) is 18.9. The first-order valence-electron chi connectivity index (χ1n) is 9.20. The molecule has 1 unspecified atom stereocenters. The molecule has 3 aromatic rings. The van der Waals surface area contributed by atoms with E-state index in [1.807, 2.05) is 23.5 Å². The minimum absolute atomic E-state index is 0.408. The minimum Gasteiger partial charge on any atom is -0.284 e. The van der Waals surface area contributed by atoms with Crippen LogP contribution in [0, 0.1) is 0 Å². The molecule has 0 bridgehead atoms. The van der Waals surface area contributed by atoms with Gasteiger partial charge in [0, 0.05) is 16.5 Å². The summed E-state index contributed by atoms with van der Waals surface area (Å²) in [4.78, 5) is 1.49. The molecule has 140 valence electrons. The van der Waals surface area contributed by atoms with Gasteiger partial charge in [-0.3, -0.25) is 4.72 Å². The van der Waals surface area contributed by atoms with Crippen LogP contribution in [-0.4, -0.2) is 14.7 Å². The van der Waals surface area contributed by atoms with Crippen LogP contribution in [-0.2, 0) is 29.3 Å². The molecule has 27 heavy (non-hydrogen) atoms. The summed E-state index contributed by atoms with van der Waals surface area (Å²) >= 11 is 1.86. The van der Waals surface area contributed by atoms with Gasteiger partial charge in [0.15, 0.2) is 0 Å². The lowest BCUT2D eigenvalue weighted by molar-refractivity contribution is 0.607. The molecule has 3 nitrogen and oxygen atoms in total. The summed E-state index contributed by atoms with van der Waals surface area (Å²) in [6, 6.07) is 18.8. The Morgan fingerprint density at radius 3 is 2.70 bits per heavy atom. The standard InChI is InChI=1S/C22H23NO2S2/c1-27(24,25)23-19-7-4-5-16(15-19)9-12-21-20-8-3-2-6-17(20)10-11-18-13-14-26-22(18)21/h2-8,13-15,21,23H,9-12H2,1H3. The maximum Gasteiger partial charge on any atom is 0.229 e. The zero-order valence-electron chi connectivity index (χ0n) is 15.3. The van der Waals surface area contributed by atoms with Gasteiger partial charge in [0.05, 0.1) is 6.26 Å². The highest BCUT2D eigenvalue weighted by Gasteiger charge is 2.24. The Bertz CT molecular complexity index is 1050. The fourth-order valence-corrected chi connectivity index (χ4v) is 5.64. The predicted octanol–water partition coefficient (Wildman–Crippen LogP) is 4.98. The third kappa shape index (κ3) is 4.25. The van der Waals surface area contributed by atoms with Crippen molar-refractivity contribution >= 4 is 27.0 Å². The van der Waals surface area contributed by atoms with Crippen molar-refractivity contribution in [3.05, 3.63) is 87.1 Å². The third-order valence-corrected chi connectivity index (χ3v) is 6.82. The molecule has 1 aliphatic carbocycles. The van der Waals surface area contributed by atoms with Gasteiger partial charge in [-0.05, 0) is 71.5 Å². The average molecular weight is 398 g/mol. The van der Waals surface area contributed by atoms with Crippen molar-refractivity contribution in [3.8, 4) is 0 Å². The second-order valence-corrected chi connectivity index (χ2v) is 9.87. The molecule has 1 heterocycles. The molecule has 0 saturated carbocycles. The Labute approximate surface area is 165 Å². The molecular formula is C22H23NO2S2. The zero-order valence-corrected chi connectivity index (χ0v) is 16.9. The SMILES string of the molecule is CS(=O)(=O)Nc1cccc(CCC2c3ccccc3CCc3ccsc32)c1. The van der Waals surface area contributed by atoms with E-state index in [1.165, 1.54) is 27.8 Å². The van der Waals surface area contributed by atoms with Crippen molar-refractivity contribution in [2.45, 2.75) is 31.6 Å². The number of hydrogen-bond acceptors (Lipinski definition) is 3. The van der Waals surface area contributed by atoms with Crippen molar-refractivity contribution in [1.82, 2.24) is 0 Å². The number of anilines is 1. The Kier molecular flexibility index (Phi) is 5.06. The van der Waals surface area contributed by atoms with E-state index >= 15 is 0 Å². The van der Waals surface area contributed by atoms with Gasteiger partial charge in [-0.1, -0.05) is 36.4 Å². The van der Waals surface area contributed by atoms with E-state index < -0.39 is 10.0 Å². The van der Waals surface area contributed by atoms with E-state index in [0.717, 1.165) is 31.2 Å². The lowest BCUT2D eigenvalue weighted by atomic mass is 9.88. The normalized spacial score (nSPS) is 16.3. The number of thiophene rings is 1. The highest BCUT2D eigenvalue weighted by Crippen LogP contribution is 2.40. The summed E-state index contributed by atoms with van der Waals surface area (Å²) in [7, 11) is -3.25. The molecule has 0 spiro atoms. The number of sulfonamides is 1. The maximum absolute atomic E-state index is 11.5. The molecule has 2 aromatic carbocycles. The van der Waals surface area contributed by atoms with Crippen molar-refractivity contribution in [1.29, 1.82) is 0 Å². The van der Waals surface area contributed by atoms with Gasteiger partial charge in [-0.25, -0.2) is 8.42 Å². The second-order valence-electron chi connectivity index (χ2n) is 7.17. The van der Waals surface area contributed by atoms with E-state index in [9.17, 15) is 8.42 Å². The fraction of sp³-hybridized carbons (Fsp3) is 0.273. The van der Waals surface area contributed by atoms with Crippen molar-refractivity contribution in [2.24, 2.45) is 0 Å². The highest BCUT2D eigenvalue weighted by molar-refractivity contribution is 7.92. The lowest BCUT2D eigenvalue weighted by Crippen LogP contribution is -2.09. The van der Waals surface area contributed by atoms with Crippen molar-refractivity contribution in [3.63, 3.8) is 0 Å². The van der Waals surface area contributed by atoms with Gasteiger partial charge in [0.2, 0.25) is 10.0 Å². The first-order chi connectivity index (χ1) is 13.0. The molecule has 0 fully saturated rings. The Morgan fingerprint density at radius 1 is 1.04 bits per heavy atom. The molecule has 0 radical (unpaired) electrons. The maximum atomic E-state index is 11.5. The van der Waals surface area contributed by atoms with Crippen molar-refractivity contribution < 1.29 is 8.42 Å². The largest absolute Gasteiger partial charge is 0.284 e. The predicted molar refractivity (Wildman–Crippen MR) is 113 cm³/mol. The van der Waals surface area contributed by atoms with E-state index in [-0.39, 0.29) is 0 Å². The molecule has 0 amide bonds. The molecule has 1 aliphatic rings.